The van der Waals surface area contributed by atoms with Gasteiger partial charge >= 0.3 is 0 Å². The van der Waals surface area contributed by atoms with Crippen LogP contribution in [0.5, 0.6) is 0 Å². The molecule has 1 unspecified atom stereocenters. The third-order valence-corrected chi connectivity index (χ3v) is 3.62. The molecule has 0 amide bonds. The molecule has 2 nitrogen and oxygen atoms in total. The van der Waals surface area contributed by atoms with Crippen LogP contribution in [-0.2, 0) is 6.54 Å². The summed E-state index contributed by atoms with van der Waals surface area (Å²) in [5.74, 6) is -0.501. The molecule has 4 heteroatoms. The van der Waals surface area contributed by atoms with Gasteiger partial charge in [0.1, 0.15) is 11.6 Å². The predicted molar refractivity (Wildman–Crippen MR) is 66.0 cm³/mol. The predicted octanol–water partition coefficient (Wildman–Crippen LogP) is 2.61. The van der Waals surface area contributed by atoms with Crippen LogP contribution in [0.25, 0.3) is 0 Å². The molecule has 1 atom stereocenters. The van der Waals surface area contributed by atoms with Crippen molar-refractivity contribution in [2.75, 3.05) is 6.54 Å². The molecule has 1 aliphatic carbocycles. The molecule has 0 radical (unpaired) electrons. The third kappa shape index (κ3) is 3.50. The number of halogens is 2. The molecule has 1 saturated carbocycles. The second-order valence-electron chi connectivity index (χ2n) is 4.98. The molecule has 18 heavy (non-hydrogen) atoms. The minimum Gasteiger partial charge on any atom is -0.392 e. The van der Waals surface area contributed by atoms with Gasteiger partial charge in [-0.2, -0.15) is 0 Å². The summed E-state index contributed by atoms with van der Waals surface area (Å²) in [6.45, 7) is 0.675. The highest BCUT2D eigenvalue weighted by Gasteiger charge is 2.22. The molecule has 1 fully saturated rings. The maximum atomic E-state index is 13.3. The molecule has 2 N–H and O–H groups in total. The summed E-state index contributed by atoms with van der Waals surface area (Å²) >= 11 is 0. The molecule has 1 aromatic rings. The Hall–Kier alpha value is -1.00. The average Bonchev–Trinajstić information content (AvgIpc) is 2.87. The molecule has 1 aliphatic rings. The minimum atomic E-state index is -0.440. The van der Waals surface area contributed by atoms with Crippen molar-refractivity contribution in [3.8, 4) is 0 Å². The first-order chi connectivity index (χ1) is 8.66. The molecule has 0 spiro atoms. The maximum Gasteiger partial charge on any atom is 0.127 e. The largest absolute Gasteiger partial charge is 0.392 e. The molecule has 0 saturated heterocycles. The Morgan fingerprint density at radius 2 is 2.00 bits per heavy atom. The molecular weight excluding hydrogens is 236 g/mol. The second-order valence-corrected chi connectivity index (χ2v) is 4.98. The van der Waals surface area contributed by atoms with Crippen molar-refractivity contribution in [2.24, 2.45) is 5.92 Å². The zero-order valence-corrected chi connectivity index (χ0v) is 10.3. The average molecular weight is 255 g/mol. The summed E-state index contributed by atoms with van der Waals surface area (Å²) in [5, 5.41) is 12.9. The summed E-state index contributed by atoms with van der Waals surface area (Å²) in [6.07, 6.45) is 4.11. The van der Waals surface area contributed by atoms with Crippen LogP contribution in [0.2, 0.25) is 0 Å². The Morgan fingerprint density at radius 3 is 2.72 bits per heavy atom. The second kappa shape index (κ2) is 6.25. The lowest BCUT2D eigenvalue weighted by atomic mass is 10.0. The number of rotatable bonds is 5. The van der Waals surface area contributed by atoms with Crippen LogP contribution in [0.1, 0.15) is 31.2 Å². The SMILES string of the molecule is OC(CNCc1cc(F)ccc1F)C1CCCC1. The van der Waals surface area contributed by atoms with E-state index in [1.54, 1.807) is 0 Å². The van der Waals surface area contributed by atoms with Crippen molar-refractivity contribution in [1.82, 2.24) is 5.32 Å². The van der Waals surface area contributed by atoms with Crippen LogP contribution < -0.4 is 5.32 Å². The first-order valence-electron chi connectivity index (χ1n) is 6.49. The highest BCUT2D eigenvalue weighted by molar-refractivity contribution is 5.18. The number of nitrogens with one attached hydrogen (secondary N) is 1. The lowest BCUT2D eigenvalue weighted by molar-refractivity contribution is 0.109. The molecule has 2 rings (SSSR count). The van der Waals surface area contributed by atoms with Crippen LogP contribution in [0, 0.1) is 17.6 Å². The van der Waals surface area contributed by atoms with Crippen LogP contribution in [0.15, 0.2) is 18.2 Å². The number of hydrogen-bond donors (Lipinski definition) is 2. The van der Waals surface area contributed by atoms with Crippen molar-refractivity contribution < 1.29 is 13.9 Å². The van der Waals surface area contributed by atoms with Gasteiger partial charge in [0.15, 0.2) is 0 Å². The summed E-state index contributed by atoms with van der Waals surface area (Å²) in [7, 11) is 0. The van der Waals surface area contributed by atoms with Gasteiger partial charge in [0.25, 0.3) is 0 Å². The van der Waals surface area contributed by atoms with Crippen LogP contribution in [0.3, 0.4) is 0 Å². The Bertz CT molecular complexity index is 391. The van der Waals surface area contributed by atoms with E-state index in [0.717, 1.165) is 25.0 Å². The summed E-state index contributed by atoms with van der Waals surface area (Å²) < 4.78 is 26.3. The maximum absolute atomic E-state index is 13.3. The van der Waals surface area contributed by atoms with Crippen LogP contribution in [0.4, 0.5) is 8.78 Å². The number of aliphatic hydroxyl groups excluding tert-OH is 1. The first-order valence-corrected chi connectivity index (χ1v) is 6.49. The van der Waals surface area contributed by atoms with E-state index in [2.05, 4.69) is 5.32 Å². The van der Waals surface area contributed by atoms with E-state index >= 15 is 0 Å². The Balaban J connectivity index is 1.79. The van der Waals surface area contributed by atoms with Crippen molar-refractivity contribution in [3.05, 3.63) is 35.4 Å². The quantitative estimate of drug-likeness (QED) is 0.847. The highest BCUT2D eigenvalue weighted by atomic mass is 19.1. The standard InChI is InChI=1S/C14H19F2NO/c15-12-5-6-13(16)11(7-12)8-17-9-14(18)10-3-1-2-4-10/h5-7,10,14,17-18H,1-4,8-9H2. The minimum absolute atomic E-state index is 0.243. The fourth-order valence-electron chi connectivity index (χ4n) is 2.54. The zero-order chi connectivity index (χ0) is 13.0. The van der Waals surface area contributed by atoms with Gasteiger partial charge in [0.2, 0.25) is 0 Å². The van der Waals surface area contributed by atoms with E-state index in [-0.39, 0.29) is 12.6 Å². The van der Waals surface area contributed by atoms with Gasteiger partial charge in [0.05, 0.1) is 6.10 Å². The van der Waals surface area contributed by atoms with E-state index in [0.29, 0.717) is 18.0 Å². The number of hydrogen-bond acceptors (Lipinski definition) is 2. The molecule has 0 heterocycles. The fourth-order valence-corrected chi connectivity index (χ4v) is 2.54. The van der Waals surface area contributed by atoms with Gasteiger partial charge in [0, 0.05) is 18.7 Å². The van der Waals surface area contributed by atoms with Crippen LogP contribution >= 0.6 is 0 Å². The Morgan fingerprint density at radius 1 is 1.28 bits per heavy atom. The summed E-state index contributed by atoms with van der Waals surface area (Å²) in [6, 6.07) is 3.41. The van der Waals surface area contributed by atoms with Gasteiger partial charge in [-0.15, -0.1) is 0 Å². The molecule has 0 aromatic heterocycles. The van der Waals surface area contributed by atoms with E-state index in [9.17, 15) is 13.9 Å². The molecule has 0 aliphatic heterocycles. The Labute approximate surface area is 106 Å². The van der Waals surface area contributed by atoms with E-state index in [1.807, 2.05) is 0 Å². The highest BCUT2D eigenvalue weighted by Crippen LogP contribution is 2.27. The topological polar surface area (TPSA) is 32.3 Å². The monoisotopic (exact) mass is 255 g/mol. The van der Waals surface area contributed by atoms with Gasteiger partial charge in [-0.25, -0.2) is 8.78 Å². The van der Waals surface area contributed by atoms with E-state index in [4.69, 9.17) is 0 Å². The lowest BCUT2D eigenvalue weighted by Gasteiger charge is -2.18. The third-order valence-electron chi connectivity index (χ3n) is 3.62. The molecule has 0 bridgehead atoms. The van der Waals surface area contributed by atoms with Gasteiger partial charge in [-0.1, -0.05) is 12.8 Å². The molecule has 1 aromatic carbocycles. The normalized spacial score (nSPS) is 18.2. The zero-order valence-electron chi connectivity index (χ0n) is 10.3. The van der Waals surface area contributed by atoms with Gasteiger partial charge in [-0.05, 0) is 37.0 Å². The van der Waals surface area contributed by atoms with Crippen LogP contribution in [-0.4, -0.2) is 17.8 Å². The van der Waals surface area contributed by atoms with E-state index < -0.39 is 11.6 Å². The summed E-state index contributed by atoms with van der Waals surface area (Å²) in [4.78, 5) is 0. The summed E-state index contributed by atoms with van der Waals surface area (Å²) in [5.41, 5.74) is 0.300. The van der Waals surface area contributed by atoms with Crippen molar-refractivity contribution in [3.63, 3.8) is 0 Å². The van der Waals surface area contributed by atoms with Gasteiger partial charge < -0.3 is 10.4 Å². The smallest absolute Gasteiger partial charge is 0.127 e. The Kier molecular flexibility index (Phi) is 4.66. The van der Waals surface area contributed by atoms with E-state index in [1.165, 1.54) is 18.9 Å². The fraction of sp³-hybridized carbons (Fsp3) is 0.571. The first kappa shape index (κ1) is 13.4. The van der Waals surface area contributed by atoms with Crippen molar-refractivity contribution >= 4 is 0 Å². The van der Waals surface area contributed by atoms with Crippen molar-refractivity contribution in [2.45, 2.75) is 38.3 Å². The number of aliphatic hydroxyl groups is 1. The molecule has 100 valence electrons. The molecular formula is C14H19F2NO. The number of benzene rings is 1. The van der Waals surface area contributed by atoms with Gasteiger partial charge in [-0.3, -0.25) is 0 Å². The lowest BCUT2D eigenvalue weighted by Crippen LogP contribution is -2.31. The van der Waals surface area contributed by atoms with Crippen molar-refractivity contribution in [1.29, 1.82) is 0 Å².